The van der Waals surface area contributed by atoms with Crippen LogP contribution in [0.1, 0.15) is 85.0 Å². The number of carbonyl (C=O) groups excluding carboxylic acids is 3. The van der Waals surface area contributed by atoms with Gasteiger partial charge in [0.25, 0.3) is 5.91 Å². The Kier molecular flexibility index (Phi) is 15.0. The normalized spacial score (nSPS) is 35.6. The van der Waals surface area contributed by atoms with Gasteiger partial charge in [0.2, 0.25) is 0 Å². The van der Waals surface area contributed by atoms with Crippen LogP contribution in [0.3, 0.4) is 0 Å². The Morgan fingerprint density at radius 3 is 2.36 bits per heavy atom. The maximum absolute atomic E-state index is 14.5. The van der Waals surface area contributed by atoms with Crippen molar-refractivity contribution >= 4 is 17.7 Å². The van der Waals surface area contributed by atoms with Crippen LogP contribution in [0.15, 0.2) is 24.5 Å². The van der Waals surface area contributed by atoms with E-state index in [0.29, 0.717) is 57.7 Å². The van der Waals surface area contributed by atoms with Gasteiger partial charge in [0.15, 0.2) is 12.1 Å². The highest BCUT2D eigenvalue weighted by molar-refractivity contribution is 6.04. The molecule has 0 saturated carbocycles. The van der Waals surface area contributed by atoms with Crippen molar-refractivity contribution in [2.45, 2.75) is 123 Å². The molecular formula is C40H67N5O8. The van der Waals surface area contributed by atoms with E-state index in [-0.39, 0.29) is 35.8 Å². The minimum absolute atomic E-state index is 0.0234. The van der Waals surface area contributed by atoms with Gasteiger partial charge in [0.05, 0.1) is 29.4 Å². The van der Waals surface area contributed by atoms with Crippen molar-refractivity contribution in [3.8, 4) is 0 Å². The van der Waals surface area contributed by atoms with E-state index in [4.69, 9.17) is 18.9 Å². The second kappa shape index (κ2) is 18.4. The number of ether oxygens (including phenoxy) is 4. The molecule has 0 radical (unpaired) electrons. The Bertz CT molecular complexity index is 1360. The minimum Gasteiger partial charge on any atom is -0.460 e. The van der Waals surface area contributed by atoms with Crippen molar-refractivity contribution in [3.05, 3.63) is 30.1 Å². The van der Waals surface area contributed by atoms with Crippen molar-refractivity contribution in [2.75, 3.05) is 67.0 Å². The predicted molar refractivity (Wildman–Crippen MR) is 202 cm³/mol. The van der Waals surface area contributed by atoms with Gasteiger partial charge in [0.1, 0.15) is 17.6 Å². The van der Waals surface area contributed by atoms with Crippen LogP contribution < -0.4 is 0 Å². The zero-order chi connectivity index (χ0) is 39.2. The standard InChI is InChI=1S/C40H67N5O8/c1-12-16-45-24-26(2)22-40(8,50-11)35(53-37-33(46)31(42(9)10)21-27(3)51-37)28(4)34(47)39(6,7)38(49)52-29(5)32(45)25-43-17-19-44(20-18-43)36(48)30-14-13-15-41-23-30/h13-15,23,26-29,31-33,35,37,46H,12,16-22,24-25H2,1-11H3/t26-,27-,28+,29+,31+,32+,33-,35-,37+,40-/m1/s1. The first-order chi connectivity index (χ1) is 24.9. The molecule has 3 saturated heterocycles. The van der Waals surface area contributed by atoms with Gasteiger partial charge in [-0.2, -0.15) is 0 Å². The molecule has 0 unspecified atom stereocenters. The Morgan fingerprint density at radius 2 is 1.77 bits per heavy atom. The quantitative estimate of drug-likeness (QED) is 0.294. The van der Waals surface area contributed by atoms with Crippen LogP contribution in [0.2, 0.25) is 0 Å². The number of cyclic esters (lactones) is 1. The maximum Gasteiger partial charge on any atom is 0.319 e. The lowest BCUT2D eigenvalue weighted by Crippen LogP contribution is -2.59. The smallest absolute Gasteiger partial charge is 0.319 e. The summed E-state index contributed by atoms with van der Waals surface area (Å²) in [6.45, 7) is 19.8. The van der Waals surface area contributed by atoms with Gasteiger partial charge in [-0.15, -0.1) is 0 Å². The average molecular weight is 746 g/mol. The molecule has 0 spiro atoms. The highest BCUT2D eigenvalue weighted by Crippen LogP contribution is 2.38. The van der Waals surface area contributed by atoms with Crippen LogP contribution >= 0.6 is 0 Å². The van der Waals surface area contributed by atoms with Crippen molar-refractivity contribution in [3.63, 3.8) is 0 Å². The molecule has 53 heavy (non-hydrogen) atoms. The monoisotopic (exact) mass is 745 g/mol. The van der Waals surface area contributed by atoms with Crippen LogP contribution in [0.4, 0.5) is 0 Å². The summed E-state index contributed by atoms with van der Waals surface area (Å²) >= 11 is 0. The number of rotatable bonds is 9. The van der Waals surface area contributed by atoms with E-state index in [1.165, 1.54) is 0 Å². The highest BCUT2D eigenvalue weighted by atomic mass is 16.7. The number of nitrogens with zero attached hydrogens (tertiary/aromatic N) is 5. The molecule has 10 atom stereocenters. The van der Waals surface area contributed by atoms with E-state index in [1.54, 1.807) is 52.4 Å². The molecular weight excluding hydrogens is 678 g/mol. The van der Waals surface area contributed by atoms with E-state index in [9.17, 15) is 19.5 Å². The molecule has 1 aromatic rings. The number of hydrogen-bond acceptors (Lipinski definition) is 12. The highest BCUT2D eigenvalue weighted by Gasteiger charge is 2.52. The summed E-state index contributed by atoms with van der Waals surface area (Å²) in [7, 11) is 5.48. The van der Waals surface area contributed by atoms with Crippen LogP contribution in [0, 0.1) is 17.3 Å². The van der Waals surface area contributed by atoms with Gasteiger partial charge in [0, 0.05) is 70.7 Å². The van der Waals surface area contributed by atoms with E-state index in [2.05, 4.69) is 28.6 Å². The van der Waals surface area contributed by atoms with Gasteiger partial charge in [-0.1, -0.05) is 20.8 Å². The number of Topliss-reactive ketones (excluding diaryl/α,β-unsaturated/α-hetero) is 1. The summed E-state index contributed by atoms with van der Waals surface area (Å²) in [5, 5.41) is 11.4. The molecule has 0 bridgehead atoms. The SMILES string of the molecule is CCCN1C[C@H](C)C[C@@](C)(OC)[C@H](O[C@@H]2O[C@H](C)C[C@H](N(C)C)[C@H]2O)[C@@H](C)C(=O)C(C)(C)C(=O)O[C@@H](C)[C@@H]1CN1CCN(C(=O)c2cccnc2)CC1. The minimum atomic E-state index is -1.49. The lowest BCUT2D eigenvalue weighted by Gasteiger charge is -2.47. The number of piperazine rings is 1. The Labute approximate surface area is 317 Å². The molecule has 0 aliphatic carbocycles. The third-order valence-electron chi connectivity index (χ3n) is 11.7. The molecule has 3 aliphatic rings. The summed E-state index contributed by atoms with van der Waals surface area (Å²) in [5.41, 5.74) is -1.89. The molecule has 3 fully saturated rings. The largest absolute Gasteiger partial charge is 0.460 e. The molecule has 4 heterocycles. The molecule has 1 N–H and O–H groups in total. The molecule has 4 rings (SSSR count). The van der Waals surface area contributed by atoms with Crippen molar-refractivity contribution in [1.82, 2.24) is 24.6 Å². The Hall–Kier alpha value is -2.52. The number of methoxy groups -OCH3 is 1. The number of ketones is 1. The summed E-state index contributed by atoms with van der Waals surface area (Å²) < 4.78 is 25.5. The van der Waals surface area contributed by atoms with Crippen molar-refractivity contribution < 1.29 is 38.4 Å². The van der Waals surface area contributed by atoms with Crippen molar-refractivity contribution in [1.29, 1.82) is 0 Å². The third-order valence-corrected chi connectivity index (χ3v) is 11.7. The van der Waals surface area contributed by atoms with Crippen LogP contribution in [0.5, 0.6) is 0 Å². The molecule has 13 nitrogen and oxygen atoms in total. The van der Waals surface area contributed by atoms with Crippen molar-refractivity contribution in [2.24, 2.45) is 17.3 Å². The van der Waals surface area contributed by atoms with Gasteiger partial charge < -0.3 is 33.9 Å². The Morgan fingerprint density at radius 1 is 1.09 bits per heavy atom. The maximum atomic E-state index is 14.5. The number of esters is 1. The summed E-state index contributed by atoms with van der Waals surface area (Å²) in [4.78, 5) is 54.4. The van der Waals surface area contributed by atoms with Gasteiger partial charge in [-0.25, -0.2) is 0 Å². The molecule has 0 aromatic carbocycles. The van der Waals surface area contributed by atoms with E-state index < -0.39 is 47.5 Å². The summed E-state index contributed by atoms with van der Waals surface area (Å²) in [5.74, 6) is -1.66. The second-order valence-electron chi connectivity index (χ2n) is 16.7. The molecule has 300 valence electrons. The van der Waals surface area contributed by atoms with Gasteiger partial charge >= 0.3 is 5.97 Å². The lowest BCUT2D eigenvalue weighted by molar-refractivity contribution is -0.295. The fraction of sp³-hybridized carbons (Fsp3) is 0.800. The van der Waals surface area contributed by atoms with E-state index >= 15 is 0 Å². The number of pyridine rings is 1. The predicted octanol–water partition coefficient (Wildman–Crippen LogP) is 3.34. The van der Waals surface area contributed by atoms with E-state index in [1.807, 2.05) is 44.7 Å². The number of likely N-dealkylation sites (N-methyl/N-ethyl adjacent to an activating group) is 1. The fourth-order valence-corrected chi connectivity index (χ4v) is 8.57. The van der Waals surface area contributed by atoms with E-state index in [0.717, 1.165) is 13.0 Å². The molecule has 1 amide bonds. The Balaban J connectivity index is 1.63. The zero-order valence-electron chi connectivity index (χ0n) is 34.1. The molecule has 3 aliphatic heterocycles. The van der Waals surface area contributed by atoms with Gasteiger partial charge in [-0.05, 0) is 92.6 Å². The topological polar surface area (TPSA) is 134 Å². The summed E-state index contributed by atoms with van der Waals surface area (Å²) in [6.07, 6.45) is 1.85. The lowest BCUT2D eigenvalue weighted by atomic mass is 9.74. The third kappa shape index (κ3) is 10.2. The number of aliphatic hydroxyl groups excluding tert-OH is 1. The number of aromatic nitrogens is 1. The van der Waals surface area contributed by atoms with Crippen LogP contribution in [0.25, 0.3) is 0 Å². The fourth-order valence-electron chi connectivity index (χ4n) is 8.57. The first kappa shape index (κ1) is 43.2. The zero-order valence-corrected chi connectivity index (χ0v) is 34.1. The number of carbonyl (C=O) groups is 3. The average Bonchev–Trinajstić information content (AvgIpc) is 3.12. The number of amides is 1. The second-order valence-corrected chi connectivity index (χ2v) is 16.7. The van der Waals surface area contributed by atoms with Crippen LogP contribution in [-0.2, 0) is 28.5 Å². The molecule has 13 heteroatoms. The molecule has 1 aromatic heterocycles. The van der Waals surface area contributed by atoms with Crippen LogP contribution in [-0.4, -0.2) is 163 Å². The number of aliphatic hydroxyl groups is 1. The first-order valence-corrected chi connectivity index (χ1v) is 19.5. The number of hydrogen-bond donors (Lipinski definition) is 1. The first-order valence-electron chi connectivity index (χ1n) is 19.5. The summed E-state index contributed by atoms with van der Waals surface area (Å²) in [6, 6.07) is 3.20. The van der Waals surface area contributed by atoms with Gasteiger partial charge in [-0.3, -0.25) is 29.2 Å².